The van der Waals surface area contributed by atoms with Crippen molar-refractivity contribution < 1.29 is 9.13 Å². The van der Waals surface area contributed by atoms with Gasteiger partial charge in [0.25, 0.3) is 0 Å². The van der Waals surface area contributed by atoms with Crippen LogP contribution in [0, 0.1) is 18.7 Å². The van der Waals surface area contributed by atoms with Crippen molar-refractivity contribution >= 4 is 5.69 Å². The number of hydrogen-bond donors (Lipinski definition) is 1. The molecule has 1 saturated heterocycles. The molecular weight excluding hydrogens is 273 g/mol. The van der Waals surface area contributed by atoms with Gasteiger partial charge in [0.15, 0.2) is 5.82 Å². The molecule has 0 radical (unpaired) electrons. The van der Waals surface area contributed by atoms with E-state index >= 15 is 0 Å². The lowest BCUT2D eigenvalue weighted by atomic mass is 10.0. The summed E-state index contributed by atoms with van der Waals surface area (Å²) in [7, 11) is 0. The molecule has 2 atom stereocenters. The molecule has 0 saturated carbocycles. The van der Waals surface area contributed by atoms with Crippen molar-refractivity contribution in [1.29, 1.82) is 0 Å². The van der Waals surface area contributed by atoms with Crippen LogP contribution < -0.4 is 5.73 Å². The van der Waals surface area contributed by atoms with E-state index in [9.17, 15) is 4.39 Å². The molecule has 1 aromatic heterocycles. The quantitative estimate of drug-likeness (QED) is 0.875. The van der Waals surface area contributed by atoms with Crippen molar-refractivity contribution in [1.82, 2.24) is 20.2 Å². The molecule has 0 amide bonds. The predicted molar refractivity (Wildman–Crippen MR) is 76.0 cm³/mol. The van der Waals surface area contributed by atoms with Crippen LogP contribution in [0.15, 0.2) is 12.1 Å². The zero-order valence-corrected chi connectivity index (χ0v) is 12.1. The van der Waals surface area contributed by atoms with Gasteiger partial charge in [0.2, 0.25) is 0 Å². The Labute approximate surface area is 122 Å². The Morgan fingerprint density at radius 2 is 2.29 bits per heavy atom. The second kappa shape index (κ2) is 5.40. The highest BCUT2D eigenvalue weighted by molar-refractivity contribution is 5.64. The summed E-state index contributed by atoms with van der Waals surface area (Å²) in [6.45, 7) is 5.16. The normalized spacial score (nSPS) is 19.9. The number of hydrogen-bond acceptors (Lipinski definition) is 5. The van der Waals surface area contributed by atoms with Crippen LogP contribution in [0.3, 0.4) is 0 Å². The lowest BCUT2D eigenvalue weighted by molar-refractivity contribution is 0.173. The average Bonchev–Trinajstić information content (AvgIpc) is 3.14. The molecule has 1 aromatic carbocycles. The summed E-state index contributed by atoms with van der Waals surface area (Å²) in [5, 5.41) is 11.8. The van der Waals surface area contributed by atoms with E-state index in [4.69, 9.17) is 10.5 Å². The van der Waals surface area contributed by atoms with E-state index in [0.29, 0.717) is 35.2 Å². The fraction of sp³-hybridized carbons (Fsp3) is 0.500. The molecule has 1 aliphatic rings. The molecule has 0 aliphatic carbocycles. The molecular formula is C14H18FN5O. The SMILES string of the molecule is Cc1c(N)cc(-c2nnnn2C(C)C2CCOC2)cc1F. The zero-order chi connectivity index (χ0) is 15.0. The highest BCUT2D eigenvalue weighted by atomic mass is 19.1. The molecule has 2 aromatic rings. The predicted octanol–water partition coefficient (Wildman–Crippen LogP) is 1.97. The second-order valence-electron chi connectivity index (χ2n) is 5.48. The smallest absolute Gasteiger partial charge is 0.182 e. The third-order valence-electron chi connectivity index (χ3n) is 4.17. The molecule has 3 rings (SSSR count). The number of ether oxygens (including phenoxy) is 1. The number of tetrazole rings is 1. The molecule has 1 aliphatic heterocycles. The Balaban J connectivity index is 1.98. The van der Waals surface area contributed by atoms with Crippen molar-refractivity contribution in [2.24, 2.45) is 5.92 Å². The van der Waals surface area contributed by atoms with Crippen LogP contribution in [0.2, 0.25) is 0 Å². The highest BCUT2D eigenvalue weighted by Gasteiger charge is 2.27. The van der Waals surface area contributed by atoms with Gasteiger partial charge in [-0.2, -0.15) is 0 Å². The molecule has 21 heavy (non-hydrogen) atoms. The van der Waals surface area contributed by atoms with Crippen molar-refractivity contribution in [3.05, 3.63) is 23.5 Å². The number of anilines is 1. The Bertz CT molecular complexity index is 628. The highest BCUT2D eigenvalue weighted by Crippen LogP contribution is 2.30. The lowest BCUT2D eigenvalue weighted by Crippen LogP contribution is -2.19. The van der Waals surface area contributed by atoms with Crippen LogP contribution in [-0.2, 0) is 4.74 Å². The number of rotatable bonds is 3. The maximum atomic E-state index is 13.9. The fourth-order valence-electron chi connectivity index (χ4n) is 2.62. The number of nitrogen functional groups attached to an aromatic ring is 1. The first kappa shape index (κ1) is 13.9. The summed E-state index contributed by atoms with van der Waals surface area (Å²) in [5.41, 5.74) is 7.27. The van der Waals surface area contributed by atoms with Gasteiger partial charge in [-0.3, -0.25) is 0 Å². The zero-order valence-electron chi connectivity index (χ0n) is 12.1. The van der Waals surface area contributed by atoms with Crippen LogP contribution >= 0.6 is 0 Å². The topological polar surface area (TPSA) is 78.9 Å². The summed E-state index contributed by atoms with van der Waals surface area (Å²) in [6, 6.07) is 3.22. The molecule has 0 spiro atoms. The van der Waals surface area contributed by atoms with E-state index in [2.05, 4.69) is 15.5 Å². The van der Waals surface area contributed by atoms with E-state index in [-0.39, 0.29) is 11.9 Å². The Kier molecular flexibility index (Phi) is 3.59. The summed E-state index contributed by atoms with van der Waals surface area (Å²) in [4.78, 5) is 0. The van der Waals surface area contributed by atoms with Gasteiger partial charge in [-0.15, -0.1) is 5.10 Å². The summed E-state index contributed by atoms with van der Waals surface area (Å²) in [5.74, 6) is 0.538. The van der Waals surface area contributed by atoms with Gasteiger partial charge < -0.3 is 10.5 Å². The first-order valence-electron chi connectivity index (χ1n) is 6.99. The number of nitrogens with zero attached hydrogens (tertiary/aromatic N) is 4. The molecule has 2 N–H and O–H groups in total. The summed E-state index contributed by atoms with van der Waals surface area (Å²) in [6.07, 6.45) is 0.977. The van der Waals surface area contributed by atoms with E-state index in [1.807, 2.05) is 6.92 Å². The van der Waals surface area contributed by atoms with E-state index < -0.39 is 0 Å². The van der Waals surface area contributed by atoms with Crippen molar-refractivity contribution in [2.45, 2.75) is 26.3 Å². The fourth-order valence-corrected chi connectivity index (χ4v) is 2.62. The van der Waals surface area contributed by atoms with Crippen LogP contribution in [0.1, 0.15) is 24.9 Å². The molecule has 1 fully saturated rings. The van der Waals surface area contributed by atoms with Gasteiger partial charge in [0.1, 0.15) is 5.82 Å². The Morgan fingerprint density at radius 1 is 1.48 bits per heavy atom. The number of benzene rings is 1. The minimum atomic E-state index is -0.351. The molecule has 112 valence electrons. The second-order valence-corrected chi connectivity index (χ2v) is 5.48. The monoisotopic (exact) mass is 291 g/mol. The minimum absolute atomic E-state index is 0.0862. The first-order valence-corrected chi connectivity index (χ1v) is 6.99. The van der Waals surface area contributed by atoms with Crippen molar-refractivity contribution in [2.75, 3.05) is 18.9 Å². The van der Waals surface area contributed by atoms with Crippen LogP contribution in [0.4, 0.5) is 10.1 Å². The number of aromatic nitrogens is 4. The Morgan fingerprint density at radius 3 is 2.95 bits per heavy atom. The van der Waals surface area contributed by atoms with Gasteiger partial charge in [-0.1, -0.05) is 0 Å². The lowest BCUT2D eigenvalue weighted by Gasteiger charge is -2.19. The van der Waals surface area contributed by atoms with E-state index in [1.54, 1.807) is 17.7 Å². The van der Waals surface area contributed by atoms with Gasteiger partial charge in [-0.05, 0) is 42.8 Å². The number of nitrogens with two attached hydrogens (primary N) is 1. The van der Waals surface area contributed by atoms with Gasteiger partial charge in [0.05, 0.1) is 12.6 Å². The molecule has 7 heteroatoms. The van der Waals surface area contributed by atoms with Crippen molar-refractivity contribution in [3.8, 4) is 11.4 Å². The standard InChI is InChI=1S/C14H18FN5O/c1-8-12(15)5-11(6-13(8)16)14-17-18-19-20(14)9(2)10-3-4-21-7-10/h5-6,9-10H,3-4,7,16H2,1-2H3. The maximum absolute atomic E-state index is 13.9. The molecule has 2 heterocycles. The van der Waals surface area contributed by atoms with Crippen LogP contribution in [0.25, 0.3) is 11.4 Å². The molecule has 2 unspecified atom stereocenters. The summed E-state index contributed by atoms with van der Waals surface area (Å²) >= 11 is 0. The third kappa shape index (κ3) is 2.49. The third-order valence-corrected chi connectivity index (χ3v) is 4.17. The van der Waals surface area contributed by atoms with Crippen LogP contribution in [-0.4, -0.2) is 33.4 Å². The molecule has 0 bridgehead atoms. The van der Waals surface area contributed by atoms with E-state index in [0.717, 1.165) is 13.0 Å². The average molecular weight is 291 g/mol. The maximum Gasteiger partial charge on any atom is 0.182 e. The number of halogens is 1. The minimum Gasteiger partial charge on any atom is -0.398 e. The van der Waals surface area contributed by atoms with Crippen molar-refractivity contribution in [3.63, 3.8) is 0 Å². The Hall–Kier alpha value is -2.02. The molecule has 6 nitrogen and oxygen atoms in total. The van der Waals surface area contributed by atoms with Gasteiger partial charge in [0, 0.05) is 29.3 Å². The van der Waals surface area contributed by atoms with Gasteiger partial charge in [-0.25, -0.2) is 9.07 Å². The first-order chi connectivity index (χ1) is 10.1. The van der Waals surface area contributed by atoms with Crippen LogP contribution in [0.5, 0.6) is 0 Å². The largest absolute Gasteiger partial charge is 0.398 e. The van der Waals surface area contributed by atoms with E-state index in [1.165, 1.54) is 6.07 Å². The summed E-state index contributed by atoms with van der Waals surface area (Å²) < 4.78 is 21.0. The van der Waals surface area contributed by atoms with Gasteiger partial charge >= 0.3 is 0 Å².